The predicted molar refractivity (Wildman–Crippen MR) is 80.6 cm³/mol. The van der Waals surface area contributed by atoms with Crippen molar-refractivity contribution >= 4 is 11.6 Å². The van der Waals surface area contributed by atoms with Crippen LogP contribution in [0.5, 0.6) is 0 Å². The molecule has 0 atom stereocenters. The van der Waals surface area contributed by atoms with Crippen LogP contribution in [-0.2, 0) is 23.1 Å². The van der Waals surface area contributed by atoms with E-state index in [4.69, 9.17) is 0 Å². The van der Waals surface area contributed by atoms with Crippen molar-refractivity contribution in [3.8, 4) is 0 Å². The van der Waals surface area contributed by atoms with Crippen molar-refractivity contribution in [2.75, 3.05) is 5.32 Å². The first-order valence-electron chi connectivity index (χ1n) is 7.02. The summed E-state index contributed by atoms with van der Waals surface area (Å²) in [6, 6.07) is 4.48. The van der Waals surface area contributed by atoms with Gasteiger partial charge in [-0.15, -0.1) is 0 Å². The first-order chi connectivity index (χ1) is 8.56. The topological polar surface area (TPSA) is 29.1 Å². The summed E-state index contributed by atoms with van der Waals surface area (Å²) in [7, 11) is 0. The summed E-state index contributed by atoms with van der Waals surface area (Å²) in [5, 5.41) is 3.02. The van der Waals surface area contributed by atoms with Crippen LogP contribution in [0.15, 0.2) is 12.1 Å². The number of hydrogen-bond acceptors (Lipinski definition) is 1. The van der Waals surface area contributed by atoms with E-state index >= 15 is 0 Å². The summed E-state index contributed by atoms with van der Waals surface area (Å²) in [5.74, 6) is 0.119. The van der Waals surface area contributed by atoms with Crippen molar-refractivity contribution in [3.63, 3.8) is 0 Å². The van der Waals surface area contributed by atoms with Gasteiger partial charge in [0.1, 0.15) is 0 Å². The summed E-state index contributed by atoms with van der Waals surface area (Å²) < 4.78 is 0. The fraction of sp³-hybridized carbons (Fsp3) is 0.588. The SMILES string of the molecule is CC(C)(C)Cc1cc2c(c(C(C)(C)C)c1)NC(=O)C2. The maximum Gasteiger partial charge on any atom is 0.228 e. The predicted octanol–water partition coefficient (Wildman–Crippen LogP) is 4.07. The second kappa shape index (κ2) is 4.36. The van der Waals surface area contributed by atoms with Crippen LogP contribution in [-0.4, -0.2) is 5.91 Å². The Morgan fingerprint density at radius 2 is 1.74 bits per heavy atom. The van der Waals surface area contributed by atoms with E-state index in [1.165, 1.54) is 11.1 Å². The van der Waals surface area contributed by atoms with Crippen LogP contribution in [0.1, 0.15) is 58.2 Å². The molecule has 19 heavy (non-hydrogen) atoms. The number of hydrogen-bond donors (Lipinski definition) is 1. The molecule has 1 heterocycles. The molecule has 0 aromatic heterocycles. The molecule has 0 unspecified atom stereocenters. The summed E-state index contributed by atoms with van der Waals surface area (Å²) >= 11 is 0. The third-order valence-electron chi connectivity index (χ3n) is 3.44. The van der Waals surface area contributed by atoms with Crippen LogP contribution in [0, 0.1) is 5.41 Å². The Morgan fingerprint density at radius 1 is 1.11 bits per heavy atom. The normalized spacial score (nSPS) is 15.4. The lowest BCUT2D eigenvalue weighted by Crippen LogP contribution is -2.16. The Kier molecular flexibility index (Phi) is 3.24. The first-order valence-corrected chi connectivity index (χ1v) is 7.02. The average molecular weight is 259 g/mol. The largest absolute Gasteiger partial charge is 0.325 e. The maximum absolute atomic E-state index is 11.7. The van der Waals surface area contributed by atoms with E-state index in [0.29, 0.717) is 6.42 Å². The minimum atomic E-state index is 0.0512. The molecule has 0 saturated heterocycles. The van der Waals surface area contributed by atoms with Gasteiger partial charge < -0.3 is 5.32 Å². The number of benzene rings is 1. The molecule has 0 spiro atoms. The van der Waals surface area contributed by atoms with Crippen LogP contribution in [0.4, 0.5) is 5.69 Å². The van der Waals surface area contributed by atoms with Gasteiger partial charge in [0.15, 0.2) is 0 Å². The highest BCUT2D eigenvalue weighted by Gasteiger charge is 2.28. The smallest absolute Gasteiger partial charge is 0.228 e. The molecular formula is C17H25NO. The Labute approximate surface area is 116 Å². The molecule has 1 aromatic carbocycles. The van der Waals surface area contributed by atoms with Crippen molar-refractivity contribution in [2.45, 2.75) is 59.8 Å². The molecule has 0 radical (unpaired) electrons. The van der Waals surface area contributed by atoms with E-state index in [-0.39, 0.29) is 16.7 Å². The molecule has 104 valence electrons. The lowest BCUT2D eigenvalue weighted by atomic mass is 9.80. The zero-order valence-electron chi connectivity index (χ0n) is 13.0. The fourth-order valence-electron chi connectivity index (χ4n) is 2.72. The van der Waals surface area contributed by atoms with Gasteiger partial charge in [0.05, 0.1) is 6.42 Å². The Hall–Kier alpha value is -1.31. The van der Waals surface area contributed by atoms with Gasteiger partial charge in [-0.05, 0) is 33.9 Å². The minimum absolute atomic E-state index is 0.0512. The molecular weight excluding hydrogens is 234 g/mol. The van der Waals surface area contributed by atoms with Crippen molar-refractivity contribution < 1.29 is 4.79 Å². The lowest BCUT2D eigenvalue weighted by molar-refractivity contribution is -0.115. The lowest BCUT2D eigenvalue weighted by Gasteiger charge is -2.25. The number of rotatable bonds is 1. The van der Waals surface area contributed by atoms with Gasteiger partial charge in [0, 0.05) is 5.69 Å². The van der Waals surface area contributed by atoms with Crippen LogP contribution in [0.3, 0.4) is 0 Å². The second-order valence-corrected chi connectivity index (χ2v) is 7.89. The molecule has 1 aromatic rings. The molecule has 0 aliphatic carbocycles. The number of carbonyl (C=O) groups excluding carboxylic acids is 1. The molecule has 0 saturated carbocycles. The maximum atomic E-state index is 11.7. The minimum Gasteiger partial charge on any atom is -0.325 e. The molecule has 2 nitrogen and oxygen atoms in total. The van der Waals surface area contributed by atoms with Gasteiger partial charge in [0.25, 0.3) is 0 Å². The average Bonchev–Trinajstić information content (AvgIpc) is 2.52. The standard InChI is InChI=1S/C17H25NO/c1-16(2,3)10-11-7-12-9-14(19)18-15(12)13(8-11)17(4,5)6/h7-8H,9-10H2,1-6H3,(H,18,19). The molecule has 1 amide bonds. The van der Waals surface area contributed by atoms with Crippen LogP contribution >= 0.6 is 0 Å². The second-order valence-electron chi connectivity index (χ2n) is 7.89. The summed E-state index contributed by atoms with van der Waals surface area (Å²) in [5.41, 5.74) is 5.13. The quantitative estimate of drug-likeness (QED) is 0.809. The highest BCUT2D eigenvalue weighted by atomic mass is 16.1. The van der Waals surface area contributed by atoms with Crippen molar-refractivity contribution in [1.82, 2.24) is 0 Å². The fourth-order valence-corrected chi connectivity index (χ4v) is 2.72. The van der Waals surface area contributed by atoms with Crippen molar-refractivity contribution in [3.05, 3.63) is 28.8 Å². The van der Waals surface area contributed by atoms with Crippen molar-refractivity contribution in [1.29, 1.82) is 0 Å². The third-order valence-corrected chi connectivity index (χ3v) is 3.44. The summed E-state index contributed by atoms with van der Waals surface area (Å²) in [4.78, 5) is 11.7. The van der Waals surface area contributed by atoms with E-state index in [1.54, 1.807) is 0 Å². The Balaban J connectivity index is 2.51. The highest BCUT2D eigenvalue weighted by Crippen LogP contribution is 2.37. The Morgan fingerprint density at radius 3 is 2.26 bits per heavy atom. The van der Waals surface area contributed by atoms with E-state index in [0.717, 1.165) is 17.7 Å². The zero-order valence-corrected chi connectivity index (χ0v) is 13.0. The number of carbonyl (C=O) groups is 1. The van der Waals surface area contributed by atoms with E-state index in [9.17, 15) is 4.79 Å². The molecule has 0 bridgehead atoms. The van der Waals surface area contributed by atoms with Gasteiger partial charge in [-0.3, -0.25) is 4.79 Å². The van der Waals surface area contributed by atoms with Crippen LogP contribution in [0.2, 0.25) is 0 Å². The highest BCUT2D eigenvalue weighted by molar-refractivity contribution is 6.00. The number of amides is 1. The number of nitrogens with one attached hydrogen (secondary N) is 1. The van der Waals surface area contributed by atoms with Gasteiger partial charge in [0.2, 0.25) is 5.91 Å². The number of anilines is 1. The van der Waals surface area contributed by atoms with Gasteiger partial charge in [-0.25, -0.2) is 0 Å². The van der Waals surface area contributed by atoms with Gasteiger partial charge in [-0.2, -0.15) is 0 Å². The molecule has 2 heteroatoms. The number of fused-ring (bicyclic) bond motifs is 1. The van der Waals surface area contributed by atoms with Gasteiger partial charge in [-0.1, -0.05) is 53.7 Å². The Bertz CT molecular complexity index is 515. The monoisotopic (exact) mass is 259 g/mol. The van der Waals surface area contributed by atoms with Crippen molar-refractivity contribution in [2.24, 2.45) is 5.41 Å². The van der Waals surface area contributed by atoms with E-state index in [1.807, 2.05) is 0 Å². The molecule has 2 rings (SSSR count). The molecule has 0 fully saturated rings. The summed E-state index contributed by atoms with van der Waals surface area (Å²) in [6.07, 6.45) is 1.56. The van der Waals surface area contributed by atoms with Gasteiger partial charge >= 0.3 is 0 Å². The van der Waals surface area contributed by atoms with E-state index < -0.39 is 0 Å². The first kappa shape index (κ1) is 14.1. The van der Waals surface area contributed by atoms with Crippen LogP contribution in [0.25, 0.3) is 0 Å². The molecule has 1 aliphatic rings. The third kappa shape index (κ3) is 3.17. The van der Waals surface area contributed by atoms with E-state index in [2.05, 4.69) is 59.0 Å². The molecule has 1 N–H and O–H groups in total. The van der Waals surface area contributed by atoms with Crippen LogP contribution < -0.4 is 5.32 Å². The molecule has 1 aliphatic heterocycles. The zero-order chi connectivity index (χ0) is 14.4. The summed E-state index contributed by atoms with van der Waals surface area (Å²) in [6.45, 7) is 13.4.